The number of aromatic nitrogens is 1. The van der Waals surface area contributed by atoms with Crippen LogP contribution in [0.15, 0.2) is 6.07 Å². The van der Waals surface area contributed by atoms with Gasteiger partial charge in [-0.3, -0.25) is 0 Å². The van der Waals surface area contributed by atoms with Crippen LogP contribution in [0.2, 0.25) is 10.2 Å². The van der Waals surface area contributed by atoms with Gasteiger partial charge in [-0.25, -0.2) is 4.98 Å². The van der Waals surface area contributed by atoms with Gasteiger partial charge in [0.25, 0.3) is 0 Å². The lowest BCUT2D eigenvalue weighted by Crippen LogP contribution is -2.32. The number of hydrogen-bond donors (Lipinski definition) is 2. The summed E-state index contributed by atoms with van der Waals surface area (Å²) in [5.74, 6) is 0.0457. The zero-order chi connectivity index (χ0) is 10.0. The summed E-state index contributed by atoms with van der Waals surface area (Å²) in [6, 6.07) is 1.29. The van der Waals surface area contributed by atoms with E-state index >= 15 is 0 Å². The summed E-state index contributed by atoms with van der Waals surface area (Å²) < 4.78 is 4.77. The molecule has 70 valence electrons. The molecule has 0 bridgehead atoms. The smallest absolute Gasteiger partial charge is 0.481 e. The molecule has 0 atom stereocenters. The van der Waals surface area contributed by atoms with Gasteiger partial charge < -0.3 is 14.8 Å². The molecule has 0 aliphatic heterocycles. The SMILES string of the molecule is COc1nc(Cl)c(Cl)cc1B(O)O. The molecule has 1 rings (SSSR count). The number of methoxy groups -OCH3 is 1. The third-order valence-corrected chi connectivity index (χ3v) is 2.07. The van der Waals surface area contributed by atoms with E-state index < -0.39 is 7.12 Å². The molecule has 0 amide bonds. The summed E-state index contributed by atoms with van der Waals surface area (Å²) in [7, 11) is -0.337. The number of nitrogens with zero attached hydrogens (tertiary/aromatic N) is 1. The van der Waals surface area contributed by atoms with E-state index in [0.29, 0.717) is 0 Å². The van der Waals surface area contributed by atoms with Crippen molar-refractivity contribution < 1.29 is 14.8 Å². The summed E-state index contributed by atoms with van der Waals surface area (Å²) in [5, 5.41) is 18.0. The molecule has 1 aromatic heterocycles. The van der Waals surface area contributed by atoms with Gasteiger partial charge in [-0.2, -0.15) is 0 Å². The largest absolute Gasteiger partial charge is 0.494 e. The Hall–Kier alpha value is -0.485. The minimum atomic E-state index is -1.68. The van der Waals surface area contributed by atoms with Crippen molar-refractivity contribution in [3.05, 3.63) is 16.2 Å². The van der Waals surface area contributed by atoms with Gasteiger partial charge in [-0.05, 0) is 6.07 Å². The topological polar surface area (TPSA) is 62.6 Å². The van der Waals surface area contributed by atoms with Gasteiger partial charge in [-0.1, -0.05) is 23.2 Å². The highest BCUT2D eigenvalue weighted by Gasteiger charge is 2.20. The van der Waals surface area contributed by atoms with Crippen LogP contribution in [-0.2, 0) is 0 Å². The normalized spacial score (nSPS) is 9.92. The van der Waals surface area contributed by atoms with Crippen molar-refractivity contribution in [1.82, 2.24) is 4.98 Å². The predicted octanol–water partition coefficient (Wildman–Crippen LogP) is 0.0768. The Morgan fingerprint density at radius 3 is 2.54 bits per heavy atom. The maximum absolute atomic E-state index is 8.88. The number of ether oxygens (including phenoxy) is 1. The Balaban J connectivity index is 3.25. The molecule has 7 heteroatoms. The van der Waals surface area contributed by atoms with Crippen LogP contribution >= 0.6 is 23.2 Å². The van der Waals surface area contributed by atoms with E-state index in [4.69, 9.17) is 38.0 Å². The highest BCUT2D eigenvalue weighted by Crippen LogP contribution is 2.20. The maximum Gasteiger partial charge on any atom is 0.494 e. The molecule has 1 aromatic rings. The summed E-state index contributed by atoms with van der Waals surface area (Å²) in [6.45, 7) is 0. The highest BCUT2D eigenvalue weighted by atomic mass is 35.5. The molecule has 0 saturated carbocycles. The lowest BCUT2D eigenvalue weighted by molar-refractivity contribution is 0.391. The molecule has 0 saturated heterocycles. The van der Waals surface area contributed by atoms with Crippen molar-refractivity contribution in [2.75, 3.05) is 7.11 Å². The predicted molar refractivity (Wildman–Crippen MR) is 50.6 cm³/mol. The van der Waals surface area contributed by atoms with Crippen LogP contribution in [0.3, 0.4) is 0 Å². The Labute approximate surface area is 85.2 Å². The minimum absolute atomic E-state index is 0.0457. The van der Waals surface area contributed by atoms with E-state index in [0.717, 1.165) is 0 Å². The molecule has 2 N–H and O–H groups in total. The van der Waals surface area contributed by atoms with Gasteiger partial charge in [0.05, 0.1) is 12.1 Å². The van der Waals surface area contributed by atoms with E-state index in [9.17, 15) is 0 Å². The van der Waals surface area contributed by atoms with Gasteiger partial charge >= 0.3 is 7.12 Å². The summed E-state index contributed by atoms with van der Waals surface area (Å²) in [4.78, 5) is 3.70. The van der Waals surface area contributed by atoms with E-state index in [1.54, 1.807) is 0 Å². The zero-order valence-electron chi connectivity index (χ0n) is 6.66. The standard InChI is InChI=1S/C6H6BCl2NO3/c1-13-6-3(7(11)12)2-4(8)5(9)10-6/h2,11-12H,1H3. The van der Waals surface area contributed by atoms with Crippen molar-refractivity contribution in [2.24, 2.45) is 0 Å². The van der Waals surface area contributed by atoms with E-state index in [1.165, 1.54) is 13.2 Å². The van der Waals surface area contributed by atoms with E-state index in [2.05, 4.69) is 4.98 Å². The second-order valence-electron chi connectivity index (χ2n) is 2.23. The van der Waals surface area contributed by atoms with Crippen molar-refractivity contribution in [1.29, 1.82) is 0 Å². The molecule has 4 nitrogen and oxygen atoms in total. The number of rotatable bonds is 2. The van der Waals surface area contributed by atoms with Gasteiger partial charge in [0.1, 0.15) is 0 Å². The first kappa shape index (κ1) is 10.6. The van der Waals surface area contributed by atoms with Gasteiger partial charge in [0.2, 0.25) is 5.88 Å². The highest BCUT2D eigenvalue weighted by molar-refractivity contribution is 6.60. The van der Waals surface area contributed by atoms with E-state index in [1.807, 2.05) is 0 Å². The first-order valence-corrected chi connectivity index (χ1v) is 4.08. The van der Waals surface area contributed by atoms with E-state index in [-0.39, 0.29) is 21.5 Å². The Morgan fingerprint density at radius 1 is 1.46 bits per heavy atom. The fourth-order valence-corrected chi connectivity index (χ4v) is 1.10. The van der Waals surface area contributed by atoms with Crippen LogP contribution in [0, 0.1) is 0 Å². The van der Waals surface area contributed by atoms with Crippen molar-refractivity contribution in [2.45, 2.75) is 0 Å². The van der Waals surface area contributed by atoms with Crippen LogP contribution in [0.25, 0.3) is 0 Å². The fourth-order valence-electron chi connectivity index (χ4n) is 0.813. The first-order chi connectivity index (χ1) is 6.06. The van der Waals surface area contributed by atoms with Crippen LogP contribution in [0.1, 0.15) is 0 Å². The number of hydrogen-bond acceptors (Lipinski definition) is 4. The maximum atomic E-state index is 8.88. The van der Waals surface area contributed by atoms with Crippen LogP contribution in [0.4, 0.5) is 0 Å². The van der Waals surface area contributed by atoms with Crippen LogP contribution < -0.4 is 10.2 Å². The Kier molecular flexibility index (Phi) is 3.38. The average molecular weight is 222 g/mol. The molecule has 0 fully saturated rings. The second-order valence-corrected chi connectivity index (χ2v) is 3.00. The van der Waals surface area contributed by atoms with Gasteiger partial charge in [0, 0.05) is 5.46 Å². The molecule has 0 aliphatic rings. The third-order valence-electron chi connectivity index (χ3n) is 1.40. The van der Waals surface area contributed by atoms with Gasteiger partial charge in [0.15, 0.2) is 5.15 Å². The molecule has 0 unspecified atom stereocenters. The van der Waals surface area contributed by atoms with Crippen molar-refractivity contribution in [3.63, 3.8) is 0 Å². The minimum Gasteiger partial charge on any atom is -0.481 e. The zero-order valence-corrected chi connectivity index (χ0v) is 8.17. The quantitative estimate of drug-likeness (QED) is 0.549. The summed E-state index contributed by atoms with van der Waals surface area (Å²) >= 11 is 11.2. The fraction of sp³-hybridized carbons (Fsp3) is 0.167. The molecule has 0 aliphatic carbocycles. The third kappa shape index (κ3) is 2.25. The molecule has 0 spiro atoms. The lowest BCUT2D eigenvalue weighted by atomic mass is 9.81. The Bertz CT molecular complexity index is 321. The Morgan fingerprint density at radius 2 is 2.08 bits per heavy atom. The molecule has 1 heterocycles. The van der Waals surface area contributed by atoms with Crippen molar-refractivity contribution >= 4 is 35.8 Å². The second kappa shape index (κ2) is 4.15. The summed E-state index contributed by atoms with van der Waals surface area (Å²) in [5.41, 5.74) is 0.0805. The molecular weight excluding hydrogens is 216 g/mol. The first-order valence-electron chi connectivity index (χ1n) is 3.32. The molecule has 0 radical (unpaired) electrons. The van der Waals surface area contributed by atoms with Crippen molar-refractivity contribution in [3.8, 4) is 5.88 Å². The van der Waals surface area contributed by atoms with Crippen LogP contribution in [-0.4, -0.2) is 29.3 Å². The number of pyridine rings is 1. The number of halogens is 2. The average Bonchev–Trinajstić information content (AvgIpc) is 2.08. The monoisotopic (exact) mass is 221 g/mol. The van der Waals surface area contributed by atoms with Gasteiger partial charge in [-0.15, -0.1) is 0 Å². The lowest BCUT2D eigenvalue weighted by Gasteiger charge is -2.07. The molecule has 13 heavy (non-hydrogen) atoms. The molecular formula is C6H6BCl2NO3. The summed E-state index contributed by atoms with van der Waals surface area (Å²) in [6.07, 6.45) is 0. The molecule has 0 aromatic carbocycles. The van der Waals surface area contributed by atoms with Crippen LogP contribution in [0.5, 0.6) is 5.88 Å².